The van der Waals surface area contributed by atoms with Gasteiger partial charge in [0.1, 0.15) is 0 Å². The first-order chi connectivity index (χ1) is 9.65. The molecule has 100 valence electrons. The zero-order chi connectivity index (χ0) is 14.1. The lowest BCUT2D eigenvalue weighted by atomic mass is 10.0. The van der Waals surface area contributed by atoms with Gasteiger partial charge >= 0.3 is 0 Å². The van der Waals surface area contributed by atoms with Crippen LogP contribution in [0.3, 0.4) is 0 Å². The quantitative estimate of drug-likeness (QED) is 0.710. The number of nitrogens with one attached hydrogen (secondary N) is 1. The number of hydrogen-bond acceptors (Lipinski definition) is 2. The van der Waals surface area contributed by atoms with Crippen molar-refractivity contribution < 1.29 is 0 Å². The third kappa shape index (κ3) is 2.25. The summed E-state index contributed by atoms with van der Waals surface area (Å²) in [5.74, 6) is 0. The molecule has 2 nitrogen and oxygen atoms in total. The van der Waals surface area contributed by atoms with Crippen molar-refractivity contribution in [3.8, 4) is 0 Å². The van der Waals surface area contributed by atoms with Crippen molar-refractivity contribution in [1.29, 1.82) is 0 Å². The Morgan fingerprint density at radius 1 is 0.900 bits per heavy atom. The monoisotopic (exact) mass is 262 g/mol. The number of nitrogens with zero attached hydrogens (tertiary/aromatic N) is 1. The lowest BCUT2D eigenvalue weighted by Crippen LogP contribution is -1.98. The number of anilines is 2. The Morgan fingerprint density at radius 2 is 1.60 bits per heavy atom. The summed E-state index contributed by atoms with van der Waals surface area (Å²) in [5.41, 5.74) is 7.05. The summed E-state index contributed by atoms with van der Waals surface area (Å²) < 4.78 is 0. The molecule has 0 aliphatic carbocycles. The number of aryl methyl sites for hydroxylation is 3. The molecule has 2 aromatic carbocycles. The molecule has 0 bridgehead atoms. The molecule has 3 aromatic rings. The number of para-hydroxylation sites is 1. The zero-order valence-corrected chi connectivity index (χ0v) is 12.1. The van der Waals surface area contributed by atoms with Gasteiger partial charge in [0.2, 0.25) is 0 Å². The van der Waals surface area contributed by atoms with Crippen molar-refractivity contribution in [2.45, 2.75) is 20.8 Å². The van der Waals surface area contributed by atoms with Crippen LogP contribution in [-0.2, 0) is 0 Å². The van der Waals surface area contributed by atoms with Gasteiger partial charge in [0, 0.05) is 17.3 Å². The average Bonchev–Trinajstić information content (AvgIpc) is 2.43. The summed E-state index contributed by atoms with van der Waals surface area (Å²) in [6.07, 6.45) is 1.84. The van der Waals surface area contributed by atoms with Crippen LogP contribution in [0.5, 0.6) is 0 Å². The van der Waals surface area contributed by atoms with Crippen LogP contribution in [-0.4, -0.2) is 4.98 Å². The van der Waals surface area contributed by atoms with Gasteiger partial charge in [-0.2, -0.15) is 0 Å². The van der Waals surface area contributed by atoms with Crippen LogP contribution in [0.4, 0.5) is 11.4 Å². The number of benzene rings is 2. The van der Waals surface area contributed by atoms with Crippen LogP contribution in [0.25, 0.3) is 10.9 Å². The molecule has 0 unspecified atom stereocenters. The van der Waals surface area contributed by atoms with E-state index in [1.54, 1.807) is 0 Å². The van der Waals surface area contributed by atoms with E-state index in [9.17, 15) is 0 Å². The summed E-state index contributed by atoms with van der Waals surface area (Å²) in [7, 11) is 0. The Bertz CT molecular complexity index is 747. The molecule has 20 heavy (non-hydrogen) atoms. The summed E-state index contributed by atoms with van der Waals surface area (Å²) >= 11 is 0. The summed E-state index contributed by atoms with van der Waals surface area (Å²) in [5, 5.41) is 4.70. The minimum Gasteiger partial charge on any atom is -0.353 e. The first-order valence-electron chi connectivity index (χ1n) is 6.84. The second-order valence-electron chi connectivity index (χ2n) is 5.28. The lowest BCUT2D eigenvalue weighted by Gasteiger charge is -2.15. The number of pyridine rings is 1. The van der Waals surface area contributed by atoms with Gasteiger partial charge in [-0.15, -0.1) is 0 Å². The Labute approximate surface area is 119 Å². The van der Waals surface area contributed by atoms with Gasteiger partial charge in [0.25, 0.3) is 0 Å². The molecule has 3 rings (SSSR count). The fraction of sp³-hybridized carbons (Fsp3) is 0.167. The van der Waals surface area contributed by atoms with Gasteiger partial charge in [-0.25, -0.2) is 0 Å². The maximum atomic E-state index is 4.49. The van der Waals surface area contributed by atoms with Gasteiger partial charge in [0.05, 0.1) is 11.2 Å². The van der Waals surface area contributed by atoms with E-state index in [1.807, 2.05) is 12.3 Å². The first-order valence-corrected chi connectivity index (χ1v) is 6.84. The van der Waals surface area contributed by atoms with Crippen molar-refractivity contribution in [2.75, 3.05) is 5.32 Å². The lowest BCUT2D eigenvalue weighted by molar-refractivity contribution is 1.31. The van der Waals surface area contributed by atoms with Crippen LogP contribution in [0.2, 0.25) is 0 Å². The van der Waals surface area contributed by atoms with Gasteiger partial charge in [-0.05, 0) is 44.0 Å². The highest BCUT2D eigenvalue weighted by molar-refractivity contribution is 5.92. The van der Waals surface area contributed by atoms with Crippen LogP contribution in [0, 0.1) is 20.8 Å². The average molecular weight is 262 g/mol. The Kier molecular flexibility index (Phi) is 3.15. The molecule has 0 aliphatic rings. The van der Waals surface area contributed by atoms with Crippen molar-refractivity contribution in [3.63, 3.8) is 0 Å². The Morgan fingerprint density at radius 3 is 2.35 bits per heavy atom. The third-order valence-electron chi connectivity index (χ3n) is 3.57. The molecule has 0 aliphatic heterocycles. The van der Waals surface area contributed by atoms with E-state index < -0.39 is 0 Å². The first kappa shape index (κ1) is 12.7. The molecule has 1 N–H and O–H groups in total. The van der Waals surface area contributed by atoms with Crippen LogP contribution >= 0.6 is 0 Å². The second kappa shape index (κ2) is 4.97. The molecule has 2 heteroatoms. The predicted molar refractivity (Wildman–Crippen MR) is 85.7 cm³/mol. The fourth-order valence-corrected chi connectivity index (χ4v) is 2.72. The second-order valence-corrected chi connectivity index (χ2v) is 5.28. The van der Waals surface area contributed by atoms with E-state index in [2.05, 4.69) is 67.5 Å². The highest BCUT2D eigenvalue weighted by Gasteiger charge is 2.07. The molecule has 0 atom stereocenters. The zero-order valence-electron chi connectivity index (χ0n) is 12.1. The SMILES string of the molecule is Cc1cc(C)c(Nc2cccc3cccnc23)c(C)c1. The van der Waals surface area contributed by atoms with Crippen molar-refractivity contribution in [1.82, 2.24) is 4.98 Å². The summed E-state index contributed by atoms with van der Waals surface area (Å²) in [4.78, 5) is 4.49. The Balaban J connectivity index is 2.10. The maximum Gasteiger partial charge on any atom is 0.0936 e. The summed E-state index contributed by atoms with van der Waals surface area (Å²) in [6.45, 7) is 6.41. The molecule has 0 amide bonds. The summed E-state index contributed by atoms with van der Waals surface area (Å²) in [6, 6.07) is 14.7. The molecule has 0 fully saturated rings. The minimum absolute atomic E-state index is 1.01. The van der Waals surface area contributed by atoms with Gasteiger partial charge in [0.15, 0.2) is 0 Å². The molecular weight excluding hydrogens is 244 g/mol. The van der Waals surface area contributed by atoms with Crippen molar-refractivity contribution in [3.05, 3.63) is 65.4 Å². The molecule has 0 saturated heterocycles. The van der Waals surface area contributed by atoms with E-state index >= 15 is 0 Å². The molecule has 1 aromatic heterocycles. The van der Waals surface area contributed by atoms with Gasteiger partial charge in [-0.3, -0.25) is 4.98 Å². The molecule has 1 heterocycles. The van der Waals surface area contributed by atoms with E-state index in [-0.39, 0.29) is 0 Å². The van der Waals surface area contributed by atoms with Crippen LogP contribution in [0.1, 0.15) is 16.7 Å². The minimum atomic E-state index is 1.01. The van der Waals surface area contributed by atoms with Crippen molar-refractivity contribution >= 4 is 22.3 Å². The van der Waals surface area contributed by atoms with E-state index in [1.165, 1.54) is 22.4 Å². The normalized spacial score (nSPS) is 10.8. The highest BCUT2D eigenvalue weighted by Crippen LogP contribution is 2.29. The van der Waals surface area contributed by atoms with Crippen LogP contribution < -0.4 is 5.32 Å². The fourth-order valence-electron chi connectivity index (χ4n) is 2.72. The topological polar surface area (TPSA) is 24.9 Å². The Hall–Kier alpha value is -2.35. The number of rotatable bonds is 2. The van der Waals surface area contributed by atoms with Gasteiger partial charge in [-0.1, -0.05) is 35.9 Å². The number of hydrogen-bond donors (Lipinski definition) is 1. The molecule has 0 saturated carbocycles. The molecular formula is C18H18N2. The largest absolute Gasteiger partial charge is 0.353 e. The molecule has 0 radical (unpaired) electrons. The highest BCUT2D eigenvalue weighted by atomic mass is 14.9. The smallest absolute Gasteiger partial charge is 0.0936 e. The number of aromatic nitrogens is 1. The predicted octanol–water partition coefficient (Wildman–Crippen LogP) is 4.90. The maximum absolute atomic E-state index is 4.49. The number of fused-ring (bicyclic) bond motifs is 1. The van der Waals surface area contributed by atoms with Crippen molar-refractivity contribution in [2.24, 2.45) is 0 Å². The molecule has 0 spiro atoms. The van der Waals surface area contributed by atoms with Gasteiger partial charge < -0.3 is 5.32 Å². The standard InChI is InChI=1S/C18H18N2/c1-12-10-13(2)17(14(3)11-12)20-16-8-4-6-15-7-5-9-19-18(15)16/h4-11,20H,1-3H3. The van der Waals surface area contributed by atoms with E-state index in [4.69, 9.17) is 0 Å². The van der Waals surface area contributed by atoms with Crippen LogP contribution in [0.15, 0.2) is 48.7 Å². The van der Waals surface area contributed by atoms with E-state index in [0.717, 1.165) is 16.6 Å². The third-order valence-corrected chi connectivity index (χ3v) is 3.57. The van der Waals surface area contributed by atoms with E-state index in [0.29, 0.717) is 0 Å².